The molecule has 0 radical (unpaired) electrons. The van der Waals surface area contributed by atoms with E-state index in [2.05, 4.69) is 0 Å². The van der Waals surface area contributed by atoms with Crippen molar-refractivity contribution in [3.8, 4) is 11.5 Å². The van der Waals surface area contributed by atoms with E-state index in [0.29, 0.717) is 17.9 Å². The minimum atomic E-state index is -0.552. The van der Waals surface area contributed by atoms with Gasteiger partial charge in [0, 0.05) is 6.61 Å². The second-order valence-electron chi connectivity index (χ2n) is 6.85. The van der Waals surface area contributed by atoms with Crippen molar-refractivity contribution in [2.75, 3.05) is 19.8 Å². The molecular weight excluding hydrogens is 360 g/mol. The van der Waals surface area contributed by atoms with Crippen molar-refractivity contribution in [2.24, 2.45) is 0 Å². The van der Waals surface area contributed by atoms with Crippen LogP contribution < -0.4 is 9.47 Å². The Balaban J connectivity index is 1.51. The lowest BCUT2D eigenvalue weighted by Gasteiger charge is -2.11. The average molecular weight is 384 g/mol. The largest absolute Gasteiger partial charge is 0.482 e. The summed E-state index contributed by atoms with van der Waals surface area (Å²) in [7, 11) is 0. The molecule has 3 rings (SSSR count). The predicted octanol–water partition coefficient (Wildman–Crippen LogP) is 3.62. The third kappa shape index (κ3) is 5.82. The molecule has 0 bridgehead atoms. The number of benzene rings is 2. The maximum atomic E-state index is 12.2. The highest BCUT2D eigenvalue weighted by atomic mass is 16.6. The molecule has 0 amide bonds. The number of rotatable bonds is 7. The summed E-state index contributed by atoms with van der Waals surface area (Å²) in [5, 5.41) is 0. The first-order valence-electron chi connectivity index (χ1n) is 9.30. The Hall–Kier alpha value is -2.86. The lowest BCUT2D eigenvalue weighted by molar-refractivity contribution is -0.136. The Morgan fingerprint density at radius 1 is 1.07 bits per heavy atom. The minimum absolute atomic E-state index is 0.0348. The van der Waals surface area contributed by atoms with Gasteiger partial charge in [-0.1, -0.05) is 12.1 Å². The monoisotopic (exact) mass is 384 g/mol. The van der Waals surface area contributed by atoms with E-state index in [0.717, 1.165) is 24.0 Å². The summed E-state index contributed by atoms with van der Waals surface area (Å²) in [6, 6.07) is 12.1. The third-order valence-corrected chi connectivity index (χ3v) is 4.28. The number of hydrogen-bond acceptors (Lipinski definition) is 6. The van der Waals surface area contributed by atoms with Gasteiger partial charge in [0.1, 0.15) is 18.1 Å². The summed E-state index contributed by atoms with van der Waals surface area (Å²) in [6.07, 6.45) is 1.84. The van der Waals surface area contributed by atoms with Gasteiger partial charge < -0.3 is 18.9 Å². The Bertz CT molecular complexity index is 818. The van der Waals surface area contributed by atoms with Crippen LogP contribution in [0.15, 0.2) is 42.5 Å². The number of hydrogen-bond donors (Lipinski definition) is 0. The molecule has 1 aliphatic rings. The molecule has 0 N–H and O–H groups in total. The van der Waals surface area contributed by atoms with Crippen LogP contribution in [0.1, 0.15) is 34.3 Å². The fraction of sp³-hybridized carbons (Fsp3) is 0.364. The SMILES string of the molecule is Cc1cc(C)cc(OCC(=O)Oc2cccc(C(=O)OCC3CCCO3)c2)c1. The molecule has 1 aliphatic heterocycles. The van der Waals surface area contributed by atoms with Gasteiger partial charge in [-0.15, -0.1) is 0 Å². The molecule has 1 fully saturated rings. The lowest BCUT2D eigenvalue weighted by Crippen LogP contribution is -2.19. The predicted molar refractivity (Wildman–Crippen MR) is 103 cm³/mol. The van der Waals surface area contributed by atoms with E-state index in [1.54, 1.807) is 18.2 Å². The number of carbonyl (C=O) groups is 2. The van der Waals surface area contributed by atoms with Gasteiger partial charge in [0.15, 0.2) is 6.61 Å². The molecular formula is C22H24O6. The third-order valence-electron chi connectivity index (χ3n) is 4.28. The molecule has 1 heterocycles. The smallest absolute Gasteiger partial charge is 0.349 e. The van der Waals surface area contributed by atoms with E-state index in [4.69, 9.17) is 18.9 Å². The molecule has 1 unspecified atom stereocenters. The highest BCUT2D eigenvalue weighted by Crippen LogP contribution is 2.18. The minimum Gasteiger partial charge on any atom is -0.482 e. The van der Waals surface area contributed by atoms with Crippen molar-refractivity contribution < 1.29 is 28.5 Å². The summed E-state index contributed by atoms with van der Waals surface area (Å²) in [4.78, 5) is 24.2. The van der Waals surface area contributed by atoms with Gasteiger partial charge in [0.05, 0.1) is 11.7 Å². The summed E-state index contributed by atoms with van der Waals surface area (Å²) >= 11 is 0. The van der Waals surface area contributed by atoms with E-state index in [-0.39, 0.29) is 25.1 Å². The summed E-state index contributed by atoms with van der Waals surface area (Å²) in [5.74, 6) is -0.148. The van der Waals surface area contributed by atoms with Crippen LogP contribution in [0, 0.1) is 13.8 Å². The first-order valence-corrected chi connectivity index (χ1v) is 9.30. The fourth-order valence-corrected chi connectivity index (χ4v) is 3.03. The van der Waals surface area contributed by atoms with E-state index < -0.39 is 11.9 Å². The number of ether oxygens (including phenoxy) is 4. The van der Waals surface area contributed by atoms with Crippen LogP contribution in [0.25, 0.3) is 0 Å². The van der Waals surface area contributed by atoms with E-state index in [1.165, 1.54) is 6.07 Å². The first-order chi connectivity index (χ1) is 13.5. The van der Waals surface area contributed by atoms with E-state index >= 15 is 0 Å². The molecule has 0 saturated carbocycles. The number of aryl methyl sites for hydroxylation is 2. The summed E-state index contributed by atoms with van der Waals surface area (Å²) in [6.45, 7) is 4.63. The second-order valence-corrected chi connectivity index (χ2v) is 6.85. The van der Waals surface area contributed by atoms with Crippen molar-refractivity contribution in [1.29, 1.82) is 0 Å². The normalized spacial score (nSPS) is 15.9. The van der Waals surface area contributed by atoms with Crippen molar-refractivity contribution in [2.45, 2.75) is 32.8 Å². The van der Waals surface area contributed by atoms with E-state index in [1.807, 2.05) is 32.0 Å². The molecule has 0 aliphatic carbocycles. The molecule has 2 aromatic carbocycles. The first kappa shape index (κ1) is 19.9. The maximum Gasteiger partial charge on any atom is 0.349 e. The fourth-order valence-electron chi connectivity index (χ4n) is 3.03. The van der Waals surface area contributed by atoms with Crippen molar-refractivity contribution in [1.82, 2.24) is 0 Å². The van der Waals surface area contributed by atoms with Crippen molar-refractivity contribution >= 4 is 11.9 Å². The maximum absolute atomic E-state index is 12.2. The van der Waals surface area contributed by atoms with Crippen molar-refractivity contribution in [3.05, 3.63) is 59.2 Å². The van der Waals surface area contributed by atoms with Crippen LogP contribution in [-0.2, 0) is 14.3 Å². The summed E-state index contributed by atoms with van der Waals surface area (Å²) in [5.41, 5.74) is 2.42. The number of esters is 2. The standard InChI is InChI=1S/C22H24O6/c1-15-9-16(2)11-20(10-15)26-14-21(23)28-18-6-3-5-17(12-18)22(24)27-13-19-7-4-8-25-19/h3,5-6,9-12,19H,4,7-8,13-14H2,1-2H3. The van der Waals surface area contributed by atoms with Crippen LogP contribution in [0.2, 0.25) is 0 Å². The highest BCUT2D eigenvalue weighted by Gasteiger charge is 2.18. The second kappa shape index (κ2) is 9.37. The van der Waals surface area contributed by atoms with Gasteiger partial charge in [0.2, 0.25) is 0 Å². The molecule has 6 heteroatoms. The molecule has 0 spiro atoms. The van der Waals surface area contributed by atoms with Crippen molar-refractivity contribution in [3.63, 3.8) is 0 Å². The van der Waals surface area contributed by atoms with Crippen LogP contribution >= 0.6 is 0 Å². The van der Waals surface area contributed by atoms with Gasteiger partial charge >= 0.3 is 11.9 Å². The Morgan fingerprint density at radius 2 is 1.86 bits per heavy atom. The average Bonchev–Trinajstić information content (AvgIpc) is 3.17. The van der Waals surface area contributed by atoms with Gasteiger partial charge in [-0.3, -0.25) is 0 Å². The quantitative estimate of drug-likeness (QED) is 0.536. The van der Waals surface area contributed by atoms with Gasteiger partial charge in [-0.2, -0.15) is 0 Å². The highest BCUT2D eigenvalue weighted by molar-refractivity contribution is 5.90. The Labute approximate surface area is 164 Å². The zero-order chi connectivity index (χ0) is 19.9. The molecule has 148 valence electrons. The van der Waals surface area contributed by atoms with Gasteiger partial charge in [-0.05, 0) is 68.1 Å². The molecule has 6 nitrogen and oxygen atoms in total. The van der Waals surface area contributed by atoms with E-state index in [9.17, 15) is 9.59 Å². The zero-order valence-electron chi connectivity index (χ0n) is 16.1. The molecule has 2 aromatic rings. The molecule has 28 heavy (non-hydrogen) atoms. The Kier molecular flexibility index (Phi) is 6.66. The van der Waals surface area contributed by atoms with Crippen LogP contribution in [0.4, 0.5) is 0 Å². The van der Waals surface area contributed by atoms with Crippen LogP contribution in [0.3, 0.4) is 0 Å². The molecule has 1 atom stereocenters. The zero-order valence-corrected chi connectivity index (χ0v) is 16.1. The number of carbonyl (C=O) groups excluding carboxylic acids is 2. The molecule has 1 saturated heterocycles. The van der Waals surface area contributed by atoms with Crippen LogP contribution in [-0.4, -0.2) is 37.9 Å². The Morgan fingerprint density at radius 3 is 2.57 bits per heavy atom. The van der Waals surface area contributed by atoms with Gasteiger partial charge in [0.25, 0.3) is 0 Å². The molecule has 0 aromatic heterocycles. The topological polar surface area (TPSA) is 71.1 Å². The van der Waals surface area contributed by atoms with Gasteiger partial charge in [-0.25, -0.2) is 9.59 Å². The van der Waals surface area contributed by atoms with Crippen LogP contribution in [0.5, 0.6) is 11.5 Å². The summed E-state index contributed by atoms with van der Waals surface area (Å²) < 4.78 is 21.5. The lowest BCUT2D eigenvalue weighted by atomic mass is 10.1.